The quantitative estimate of drug-likeness (QED) is 0.329. The third-order valence-corrected chi connectivity index (χ3v) is 4.57. The van der Waals surface area contributed by atoms with Crippen molar-refractivity contribution in [3.8, 4) is 0 Å². The Balaban J connectivity index is 1.85. The predicted octanol–water partition coefficient (Wildman–Crippen LogP) is -2.44. The van der Waals surface area contributed by atoms with E-state index in [1.165, 1.54) is 12.4 Å². The summed E-state index contributed by atoms with van der Waals surface area (Å²) in [5.41, 5.74) is 5.28. The van der Waals surface area contributed by atoms with Crippen LogP contribution in [0.1, 0.15) is 36.3 Å². The summed E-state index contributed by atoms with van der Waals surface area (Å²) in [4.78, 5) is 16.3. The van der Waals surface area contributed by atoms with E-state index in [4.69, 9.17) is 10.5 Å². The zero-order valence-corrected chi connectivity index (χ0v) is 12.9. The largest absolute Gasteiger partial charge is 0.387 e. The van der Waals surface area contributed by atoms with Crippen molar-refractivity contribution < 1.29 is 30.0 Å². The lowest BCUT2D eigenvalue weighted by molar-refractivity contribution is -0.293. The van der Waals surface area contributed by atoms with Crippen LogP contribution in [-0.4, -0.2) is 66.5 Å². The van der Waals surface area contributed by atoms with Crippen molar-refractivity contribution in [3.05, 3.63) is 18.2 Å². The van der Waals surface area contributed by atoms with Crippen LogP contribution in [0, 0.1) is 0 Å². The van der Waals surface area contributed by atoms with Crippen molar-refractivity contribution in [2.75, 3.05) is 0 Å². The Bertz CT molecular complexity index is 602. The van der Waals surface area contributed by atoms with E-state index in [1.807, 2.05) is 0 Å². The lowest BCUT2D eigenvalue weighted by Crippen LogP contribution is -2.47. The minimum absolute atomic E-state index is 0.0379. The molecule has 0 spiro atoms. The fourth-order valence-corrected chi connectivity index (χ4v) is 3.26. The molecule has 134 valence electrons. The fourth-order valence-electron chi connectivity index (χ4n) is 3.26. The monoisotopic (exact) mass is 342 g/mol. The van der Waals surface area contributed by atoms with Gasteiger partial charge in [0.05, 0.1) is 0 Å². The molecule has 1 aromatic rings. The highest BCUT2D eigenvalue weighted by Gasteiger charge is 2.57. The van der Waals surface area contributed by atoms with Crippen LogP contribution in [0.25, 0.3) is 0 Å². The number of rotatable bonds is 4. The summed E-state index contributed by atoms with van der Waals surface area (Å²) in [5.74, 6) is -3.17. The Kier molecular flexibility index (Phi) is 4.60. The third kappa shape index (κ3) is 2.81. The number of amides is 1. The van der Waals surface area contributed by atoms with Crippen LogP contribution in [0.4, 0.5) is 0 Å². The predicted molar refractivity (Wildman–Crippen MR) is 79.2 cm³/mol. The Morgan fingerprint density at radius 1 is 1.46 bits per heavy atom. The van der Waals surface area contributed by atoms with E-state index in [1.54, 1.807) is 0 Å². The molecule has 1 amide bonds. The number of aromatic nitrogens is 2. The standard InChI is InChI=1S/C14H22N4O6/c15-11(21)9-8(19)10(20)14(23,24-9)18-6-5-16-12(18)13(22)17-7-3-1-2-4-7/h5-11,19-21,23H,1-4,15H2,(H,17,22)/t8-,9+,10-,11?,14-/m1/s1. The maximum Gasteiger partial charge on any atom is 0.287 e. The number of aliphatic hydroxyl groups is 4. The number of carbonyl (C=O) groups is 1. The molecule has 0 radical (unpaired) electrons. The van der Waals surface area contributed by atoms with Gasteiger partial charge in [-0.15, -0.1) is 0 Å². The number of ether oxygens (including phenoxy) is 1. The van der Waals surface area contributed by atoms with Crippen molar-refractivity contribution in [1.82, 2.24) is 14.9 Å². The Morgan fingerprint density at radius 2 is 2.12 bits per heavy atom. The lowest BCUT2D eigenvalue weighted by atomic mass is 10.1. The minimum atomic E-state index is -2.47. The summed E-state index contributed by atoms with van der Waals surface area (Å²) in [6.45, 7) is 0. The Hall–Kier alpha value is -1.56. The highest BCUT2D eigenvalue weighted by molar-refractivity contribution is 5.91. The van der Waals surface area contributed by atoms with Gasteiger partial charge in [0.15, 0.2) is 6.10 Å². The highest BCUT2D eigenvalue weighted by Crippen LogP contribution is 2.35. The Labute approximate surface area is 137 Å². The number of hydrogen-bond donors (Lipinski definition) is 6. The lowest BCUT2D eigenvalue weighted by Gasteiger charge is -2.28. The third-order valence-electron chi connectivity index (χ3n) is 4.57. The van der Waals surface area contributed by atoms with Gasteiger partial charge < -0.3 is 36.2 Å². The number of imidazole rings is 1. The average molecular weight is 342 g/mol. The zero-order valence-electron chi connectivity index (χ0n) is 12.9. The topological polar surface area (TPSA) is 163 Å². The van der Waals surface area contributed by atoms with Gasteiger partial charge >= 0.3 is 0 Å². The fraction of sp³-hybridized carbons (Fsp3) is 0.714. The van der Waals surface area contributed by atoms with Crippen molar-refractivity contribution in [1.29, 1.82) is 0 Å². The first-order chi connectivity index (χ1) is 11.3. The van der Waals surface area contributed by atoms with E-state index in [0.29, 0.717) is 0 Å². The van der Waals surface area contributed by atoms with E-state index >= 15 is 0 Å². The molecule has 1 saturated carbocycles. The van der Waals surface area contributed by atoms with Crippen LogP contribution in [-0.2, 0) is 10.6 Å². The van der Waals surface area contributed by atoms with Crippen LogP contribution in [0.2, 0.25) is 0 Å². The first-order valence-corrected chi connectivity index (χ1v) is 7.89. The normalized spacial score (nSPS) is 35.3. The molecule has 10 nitrogen and oxygen atoms in total. The molecular formula is C14H22N4O6. The SMILES string of the molecule is NC(O)[C@H]1O[C@@](O)(n2ccnc2C(=O)NC2CCCC2)[C@H](O)[C@@H]1O. The van der Waals surface area contributed by atoms with Crippen molar-refractivity contribution in [3.63, 3.8) is 0 Å². The van der Waals surface area contributed by atoms with E-state index in [2.05, 4.69) is 10.3 Å². The molecule has 1 aromatic heterocycles. The van der Waals surface area contributed by atoms with Gasteiger partial charge in [-0.1, -0.05) is 12.8 Å². The van der Waals surface area contributed by atoms with Gasteiger partial charge in [-0.05, 0) is 12.8 Å². The number of aliphatic hydroxyl groups excluding tert-OH is 3. The smallest absolute Gasteiger partial charge is 0.287 e. The molecule has 1 aliphatic carbocycles. The van der Waals surface area contributed by atoms with Gasteiger partial charge in [0.25, 0.3) is 11.8 Å². The molecule has 0 aromatic carbocycles. The van der Waals surface area contributed by atoms with Gasteiger partial charge in [0.1, 0.15) is 18.4 Å². The molecule has 1 unspecified atom stereocenters. The Morgan fingerprint density at radius 3 is 2.71 bits per heavy atom. The number of nitrogens with two attached hydrogens (primary N) is 1. The van der Waals surface area contributed by atoms with Crippen molar-refractivity contribution in [2.45, 2.75) is 62.2 Å². The number of nitrogens with one attached hydrogen (secondary N) is 1. The highest BCUT2D eigenvalue weighted by atomic mass is 16.7. The first-order valence-electron chi connectivity index (χ1n) is 7.89. The summed E-state index contributed by atoms with van der Waals surface area (Å²) in [6, 6.07) is 0.0379. The minimum Gasteiger partial charge on any atom is -0.387 e. The van der Waals surface area contributed by atoms with Crippen LogP contribution < -0.4 is 11.1 Å². The zero-order chi connectivity index (χ0) is 17.5. The molecule has 24 heavy (non-hydrogen) atoms. The maximum atomic E-state index is 12.4. The molecule has 2 fully saturated rings. The van der Waals surface area contributed by atoms with E-state index in [-0.39, 0.29) is 11.9 Å². The van der Waals surface area contributed by atoms with Gasteiger partial charge in [0, 0.05) is 18.4 Å². The van der Waals surface area contributed by atoms with Gasteiger partial charge in [0.2, 0.25) is 5.82 Å². The van der Waals surface area contributed by atoms with Crippen molar-refractivity contribution >= 4 is 5.91 Å². The molecule has 2 heterocycles. The maximum absolute atomic E-state index is 12.4. The number of hydrogen-bond acceptors (Lipinski definition) is 8. The molecule has 2 aliphatic rings. The first kappa shape index (κ1) is 17.3. The van der Waals surface area contributed by atoms with Crippen LogP contribution in [0.15, 0.2) is 12.4 Å². The summed E-state index contributed by atoms with van der Waals surface area (Å²) < 4.78 is 6.09. The molecule has 7 N–H and O–H groups in total. The molecule has 1 saturated heterocycles. The number of nitrogens with zero attached hydrogens (tertiary/aromatic N) is 2. The molecule has 1 aliphatic heterocycles. The van der Waals surface area contributed by atoms with E-state index in [0.717, 1.165) is 30.3 Å². The molecular weight excluding hydrogens is 320 g/mol. The van der Waals surface area contributed by atoms with E-state index in [9.17, 15) is 25.2 Å². The van der Waals surface area contributed by atoms with E-state index < -0.39 is 36.4 Å². The van der Waals surface area contributed by atoms with Crippen LogP contribution in [0.5, 0.6) is 0 Å². The average Bonchev–Trinajstić information content (AvgIpc) is 3.24. The van der Waals surface area contributed by atoms with Crippen LogP contribution >= 0.6 is 0 Å². The summed E-state index contributed by atoms with van der Waals surface area (Å²) >= 11 is 0. The molecule has 5 atom stereocenters. The summed E-state index contributed by atoms with van der Waals surface area (Å²) in [5, 5.41) is 42.9. The molecule has 0 bridgehead atoms. The second-order valence-corrected chi connectivity index (χ2v) is 6.24. The van der Waals surface area contributed by atoms with Gasteiger partial charge in [-0.25, -0.2) is 4.98 Å². The summed E-state index contributed by atoms with van der Waals surface area (Å²) in [6.07, 6.45) is -0.189. The van der Waals surface area contributed by atoms with Gasteiger partial charge in [-0.2, -0.15) is 0 Å². The van der Waals surface area contributed by atoms with Crippen molar-refractivity contribution in [2.24, 2.45) is 5.73 Å². The van der Waals surface area contributed by atoms with Gasteiger partial charge in [-0.3, -0.25) is 9.36 Å². The van der Waals surface area contributed by atoms with Crippen LogP contribution in [0.3, 0.4) is 0 Å². The molecule has 3 rings (SSSR count). The second-order valence-electron chi connectivity index (χ2n) is 6.24. The molecule has 10 heteroatoms. The summed E-state index contributed by atoms with van der Waals surface area (Å²) in [7, 11) is 0. The second kappa shape index (κ2) is 6.39. The number of carbonyl (C=O) groups excluding carboxylic acids is 1.